The van der Waals surface area contributed by atoms with Crippen LogP contribution in [0.3, 0.4) is 0 Å². The van der Waals surface area contributed by atoms with Crippen molar-refractivity contribution in [3.05, 3.63) is 23.8 Å². The molecule has 5 heteroatoms. The number of phenols is 1. The summed E-state index contributed by atoms with van der Waals surface area (Å²) in [6, 6.07) is 4.73. The molecule has 0 fully saturated rings. The number of para-hydroxylation sites is 1. The molecule has 82 valence electrons. The van der Waals surface area contributed by atoms with Crippen molar-refractivity contribution in [3.63, 3.8) is 0 Å². The van der Waals surface area contributed by atoms with Gasteiger partial charge in [0.05, 0.1) is 11.3 Å². The Kier molecular flexibility index (Phi) is 4.30. The Morgan fingerprint density at radius 3 is 3.00 bits per heavy atom. The first-order chi connectivity index (χ1) is 7.16. The minimum atomic E-state index is -0.297. The predicted octanol–water partition coefficient (Wildman–Crippen LogP) is 1.07. The van der Waals surface area contributed by atoms with Crippen molar-refractivity contribution in [2.75, 3.05) is 24.3 Å². The molecular weight excluding hydrogens is 212 g/mol. The summed E-state index contributed by atoms with van der Waals surface area (Å²) in [6.45, 7) is 0.578. The molecule has 0 bridgehead atoms. The van der Waals surface area contributed by atoms with Crippen LogP contribution in [0.2, 0.25) is 0 Å². The monoisotopic (exact) mass is 226 g/mol. The van der Waals surface area contributed by atoms with E-state index in [2.05, 4.69) is 5.32 Å². The van der Waals surface area contributed by atoms with Crippen molar-refractivity contribution >= 4 is 23.4 Å². The quantitative estimate of drug-likeness (QED) is 0.408. The number of hydrogen-bond acceptors (Lipinski definition) is 4. The van der Waals surface area contributed by atoms with Gasteiger partial charge in [-0.05, 0) is 18.4 Å². The Morgan fingerprint density at radius 1 is 1.60 bits per heavy atom. The highest BCUT2D eigenvalue weighted by Gasteiger charge is 2.11. The number of anilines is 1. The maximum Gasteiger partial charge on any atom is 0.255 e. The second-order valence-electron chi connectivity index (χ2n) is 2.99. The molecule has 0 aliphatic carbocycles. The molecule has 0 heterocycles. The molecule has 15 heavy (non-hydrogen) atoms. The lowest BCUT2D eigenvalue weighted by molar-refractivity contribution is 0.0953. The van der Waals surface area contributed by atoms with Crippen LogP contribution in [-0.2, 0) is 0 Å². The molecule has 0 saturated heterocycles. The number of benzene rings is 1. The molecular formula is C10H14N2O2S. The Bertz CT molecular complexity index is 355. The molecule has 1 aromatic rings. The largest absolute Gasteiger partial charge is 0.505 e. The number of nitrogen functional groups attached to an aromatic ring is 1. The summed E-state index contributed by atoms with van der Waals surface area (Å²) in [5.74, 6) is 0.391. The van der Waals surface area contributed by atoms with Gasteiger partial charge in [-0.15, -0.1) is 0 Å². The number of amides is 1. The number of rotatable bonds is 4. The Balaban J connectivity index is 2.69. The smallest absolute Gasteiger partial charge is 0.255 e. The van der Waals surface area contributed by atoms with E-state index in [0.717, 1.165) is 5.75 Å². The maximum absolute atomic E-state index is 11.6. The van der Waals surface area contributed by atoms with Gasteiger partial charge in [-0.1, -0.05) is 6.07 Å². The normalized spacial score (nSPS) is 9.93. The van der Waals surface area contributed by atoms with Crippen LogP contribution in [0.25, 0.3) is 0 Å². The Morgan fingerprint density at radius 2 is 2.33 bits per heavy atom. The van der Waals surface area contributed by atoms with Crippen molar-refractivity contribution in [2.24, 2.45) is 0 Å². The van der Waals surface area contributed by atoms with E-state index in [-0.39, 0.29) is 22.9 Å². The first-order valence-corrected chi connectivity index (χ1v) is 5.90. The van der Waals surface area contributed by atoms with Crippen LogP contribution in [-0.4, -0.2) is 29.6 Å². The maximum atomic E-state index is 11.6. The molecule has 1 amide bonds. The van der Waals surface area contributed by atoms with E-state index in [9.17, 15) is 9.90 Å². The molecule has 4 nitrogen and oxygen atoms in total. The van der Waals surface area contributed by atoms with Crippen molar-refractivity contribution in [1.82, 2.24) is 5.32 Å². The Labute approximate surface area is 92.9 Å². The summed E-state index contributed by atoms with van der Waals surface area (Å²) in [4.78, 5) is 11.6. The summed E-state index contributed by atoms with van der Waals surface area (Å²) in [5, 5.41) is 12.2. The highest BCUT2D eigenvalue weighted by molar-refractivity contribution is 7.98. The number of aromatic hydroxyl groups is 1. The lowest BCUT2D eigenvalue weighted by Crippen LogP contribution is -2.25. The fourth-order valence-corrected chi connectivity index (χ4v) is 1.41. The van der Waals surface area contributed by atoms with Crippen LogP contribution >= 0.6 is 11.8 Å². The minimum Gasteiger partial charge on any atom is -0.505 e. The number of carbonyl (C=O) groups is 1. The summed E-state index contributed by atoms with van der Waals surface area (Å²) in [5.41, 5.74) is 5.91. The van der Waals surface area contributed by atoms with Gasteiger partial charge in [0.25, 0.3) is 5.91 Å². The van der Waals surface area contributed by atoms with Crippen LogP contribution in [0.1, 0.15) is 10.4 Å². The van der Waals surface area contributed by atoms with Crippen LogP contribution in [0, 0.1) is 0 Å². The van der Waals surface area contributed by atoms with Gasteiger partial charge in [0.15, 0.2) is 5.75 Å². The zero-order chi connectivity index (χ0) is 11.3. The van der Waals surface area contributed by atoms with Crippen molar-refractivity contribution in [1.29, 1.82) is 0 Å². The number of carbonyl (C=O) groups excluding carboxylic acids is 1. The molecule has 0 radical (unpaired) electrons. The predicted molar refractivity (Wildman–Crippen MR) is 63.2 cm³/mol. The van der Waals surface area contributed by atoms with Gasteiger partial charge in [-0.3, -0.25) is 4.79 Å². The van der Waals surface area contributed by atoms with Crippen LogP contribution in [0.5, 0.6) is 5.75 Å². The van der Waals surface area contributed by atoms with Gasteiger partial charge in [0.1, 0.15) is 0 Å². The molecule has 0 spiro atoms. The zero-order valence-corrected chi connectivity index (χ0v) is 9.30. The van der Waals surface area contributed by atoms with E-state index in [1.807, 2.05) is 6.26 Å². The third-order valence-electron chi connectivity index (χ3n) is 1.90. The molecule has 0 aromatic heterocycles. The molecule has 4 N–H and O–H groups in total. The second kappa shape index (κ2) is 5.50. The SMILES string of the molecule is CSCCNC(=O)c1cccc(N)c1O. The van der Waals surface area contributed by atoms with E-state index >= 15 is 0 Å². The Hall–Kier alpha value is -1.36. The molecule has 0 aliphatic heterocycles. The fourth-order valence-electron chi connectivity index (χ4n) is 1.11. The van der Waals surface area contributed by atoms with Gasteiger partial charge in [-0.2, -0.15) is 11.8 Å². The average molecular weight is 226 g/mol. The van der Waals surface area contributed by atoms with Crippen LogP contribution in [0.15, 0.2) is 18.2 Å². The highest BCUT2D eigenvalue weighted by Crippen LogP contribution is 2.23. The van der Waals surface area contributed by atoms with E-state index < -0.39 is 0 Å². The second-order valence-corrected chi connectivity index (χ2v) is 3.98. The van der Waals surface area contributed by atoms with E-state index in [1.165, 1.54) is 0 Å². The standard InChI is InChI=1S/C10H14N2O2S/c1-15-6-5-12-10(14)7-3-2-4-8(11)9(7)13/h2-4,13H,5-6,11H2,1H3,(H,12,14). The van der Waals surface area contributed by atoms with E-state index in [1.54, 1.807) is 30.0 Å². The number of hydrogen-bond donors (Lipinski definition) is 3. The fraction of sp³-hybridized carbons (Fsp3) is 0.300. The topological polar surface area (TPSA) is 75.4 Å². The van der Waals surface area contributed by atoms with Crippen LogP contribution in [0.4, 0.5) is 5.69 Å². The molecule has 1 rings (SSSR count). The lowest BCUT2D eigenvalue weighted by atomic mass is 10.1. The number of thioether (sulfide) groups is 1. The first kappa shape index (κ1) is 11.7. The van der Waals surface area contributed by atoms with Gasteiger partial charge in [0.2, 0.25) is 0 Å². The summed E-state index contributed by atoms with van der Waals surface area (Å²) >= 11 is 1.64. The summed E-state index contributed by atoms with van der Waals surface area (Å²) < 4.78 is 0. The third kappa shape index (κ3) is 3.06. The van der Waals surface area contributed by atoms with E-state index in [0.29, 0.717) is 6.54 Å². The summed E-state index contributed by atoms with van der Waals surface area (Å²) in [7, 11) is 0. The van der Waals surface area contributed by atoms with Gasteiger partial charge in [-0.25, -0.2) is 0 Å². The average Bonchev–Trinajstić information content (AvgIpc) is 2.22. The van der Waals surface area contributed by atoms with Crippen LogP contribution < -0.4 is 11.1 Å². The summed E-state index contributed by atoms with van der Waals surface area (Å²) in [6.07, 6.45) is 1.96. The van der Waals surface area contributed by atoms with Crippen molar-refractivity contribution < 1.29 is 9.90 Å². The molecule has 1 aromatic carbocycles. The number of nitrogens with one attached hydrogen (secondary N) is 1. The van der Waals surface area contributed by atoms with E-state index in [4.69, 9.17) is 5.73 Å². The van der Waals surface area contributed by atoms with Gasteiger partial charge < -0.3 is 16.2 Å². The molecule has 0 atom stereocenters. The third-order valence-corrected chi connectivity index (χ3v) is 2.52. The lowest BCUT2D eigenvalue weighted by Gasteiger charge is -2.07. The molecule has 0 unspecified atom stereocenters. The first-order valence-electron chi connectivity index (χ1n) is 4.51. The molecule has 0 aliphatic rings. The van der Waals surface area contributed by atoms with Crippen molar-refractivity contribution in [3.8, 4) is 5.75 Å². The number of phenolic OH excluding ortho intramolecular Hbond substituents is 1. The van der Waals surface area contributed by atoms with Gasteiger partial charge in [0, 0.05) is 12.3 Å². The minimum absolute atomic E-state index is 0.154. The van der Waals surface area contributed by atoms with Crippen molar-refractivity contribution in [2.45, 2.75) is 0 Å². The van der Waals surface area contributed by atoms with Gasteiger partial charge >= 0.3 is 0 Å². The number of nitrogens with two attached hydrogens (primary N) is 1. The highest BCUT2D eigenvalue weighted by atomic mass is 32.2. The zero-order valence-electron chi connectivity index (χ0n) is 8.49. The molecule has 0 saturated carbocycles.